The molecular weight excluding hydrogens is 372 g/mol. The highest BCUT2D eigenvalue weighted by Gasteiger charge is 2.57. The molecule has 2 N–H and O–H groups in total. The fourth-order valence-corrected chi connectivity index (χ4v) is 4.81. The molecule has 0 aromatic heterocycles. The SMILES string of the molecule is COc1ccc(C(NC(=O)C2CC23CCNCC3)c2ccccc2Cl)c(C)c1. The molecule has 2 fully saturated rings. The van der Waals surface area contributed by atoms with Crippen LogP contribution < -0.4 is 15.4 Å². The maximum atomic E-state index is 13.2. The predicted octanol–water partition coefficient (Wildman–Crippen LogP) is 4.25. The monoisotopic (exact) mass is 398 g/mol. The van der Waals surface area contributed by atoms with Crippen LogP contribution in [0.3, 0.4) is 0 Å². The minimum absolute atomic E-state index is 0.109. The predicted molar refractivity (Wildman–Crippen MR) is 112 cm³/mol. The van der Waals surface area contributed by atoms with Crippen molar-refractivity contribution in [2.24, 2.45) is 11.3 Å². The Morgan fingerprint density at radius 3 is 2.64 bits per heavy atom. The summed E-state index contributed by atoms with van der Waals surface area (Å²) in [6.07, 6.45) is 3.17. The summed E-state index contributed by atoms with van der Waals surface area (Å²) in [4.78, 5) is 13.2. The number of hydrogen-bond acceptors (Lipinski definition) is 3. The average molecular weight is 399 g/mol. The first kappa shape index (κ1) is 19.3. The molecule has 1 aliphatic heterocycles. The molecule has 1 saturated carbocycles. The Bertz CT molecular complexity index is 877. The van der Waals surface area contributed by atoms with Crippen LogP contribution in [0.15, 0.2) is 42.5 Å². The van der Waals surface area contributed by atoms with Crippen molar-refractivity contribution in [3.63, 3.8) is 0 Å². The lowest BCUT2D eigenvalue weighted by molar-refractivity contribution is -0.123. The smallest absolute Gasteiger partial charge is 0.224 e. The molecule has 1 heterocycles. The molecule has 1 saturated heterocycles. The Balaban J connectivity index is 1.63. The molecule has 4 rings (SSSR count). The Morgan fingerprint density at radius 1 is 1.21 bits per heavy atom. The second-order valence-electron chi connectivity index (χ2n) is 8.05. The van der Waals surface area contributed by atoms with E-state index in [1.165, 1.54) is 0 Å². The first-order valence-corrected chi connectivity index (χ1v) is 10.3. The zero-order valence-corrected chi connectivity index (χ0v) is 17.2. The maximum Gasteiger partial charge on any atom is 0.224 e. The lowest BCUT2D eigenvalue weighted by Crippen LogP contribution is -2.35. The van der Waals surface area contributed by atoms with Crippen LogP contribution in [-0.4, -0.2) is 26.1 Å². The molecule has 2 aliphatic rings. The Labute approximate surface area is 171 Å². The number of rotatable bonds is 5. The van der Waals surface area contributed by atoms with Crippen LogP contribution in [0.1, 0.15) is 42.0 Å². The number of piperidine rings is 1. The van der Waals surface area contributed by atoms with E-state index in [0.717, 1.165) is 54.8 Å². The van der Waals surface area contributed by atoms with E-state index in [0.29, 0.717) is 5.02 Å². The zero-order valence-electron chi connectivity index (χ0n) is 16.4. The molecule has 1 spiro atoms. The van der Waals surface area contributed by atoms with Crippen LogP contribution in [0.25, 0.3) is 0 Å². The first-order chi connectivity index (χ1) is 13.5. The number of methoxy groups -OCH3 is 1. The summed E-state index contributed by atoms with van der Waals surface area (Å²) in [6.45, 7) is 4.06. The molecule has 148 valence electrons. The molecule has 0 radical (unpaired) electrons. The lowest BCUT2D eigenvalue weighted by Gasteiger charge is -2.26. The molecule has 4 nitrogen and oxygen atoms in total. The number of aryl methyl sites for hydroxylation is 1. The number of nitrogens with one attached hydrogen (secondary N) is 2. The van der Waals surface area contributed by atoms with Gasteiger partial charge in [-0.3, -0.25) is 4.79 Å². The Hall–Kier alpha value is -2.04. The van der Waals surface area contributed by atoms with Crippen molar-refractivity contribution in [1.29, 1.82) is 0 Å². The van der Waals surface area contributed by atoms with Gasteiger partial charge in [-0.15, -0.1) is 0 Å². The topological polar surface area (TPSA) is 50.4 Å². The van der Waals surface area contributed by atoms with Gasteiger partial charge in [0.05, 0.1) is 13.2 Å². The van der Waals surface area contributed by atoms with Gasteiger partial charge in [0.1, 0.15) is 5.75 Å². The van der Waals surface area contributed by atoms with Gasteiger partial charge < -0.3 is 15.4 Å². The average Bonchev–Trinajstić information content (AvgIpc) is 3.40. The van der Waals surface area contributed by atoms with E-state index < -0.39 is 0 Å². The van der Waals surface area contributed by atoms with E-state index >= 15 is 0 Å². The van der Waals surface area contributed by atoms with Gasteiger partial charge >= 0.3 is 0 Å². The summed E-state index contributed by atoms with van der Waals surface area (Å²) < 4.78 is 5.34. The number of ether oxygens (including phenoxy) is 1. The highest BCUT2D eigenvalue weighted by molar-refractivity contribution is 6.31. The number of carbonyl (C=O) groups is 1. The van der Waals surface area contributed by atoms with Gasteiger partial charge in [0, 0.05) is 10.9 Å². The van der Waals surface area contributed by atoms with E-state index in [9.17, 15) is 4.79 Å². The molecule has 2 atom stereocenters. The van der Waals surface area contributed by atoms with Crippen molar-refractivity contribution in [1.82, 2.24) is 10.6 Å². The number of halogens is 1. The fraction of sp³-hybridized carbons (Fsp3) is 0.435. The van der Waals surface area contributed by atoms with Crippen molar-refractivity contribution in [2.75, 3.05) is 20.2 Å². The van der Waals surface area contributed by atoms with Gasteiger partial charge in [0.25, 0.3) is 0 Å². The van der Waals surface area contributed by atoms with Crippen molar-refractivity contribution in [3.05, 3.63) is 64.2 Å². The molecule has 5 heteroatoms. The molecule has 1 aliphatic carbocycles. The molecule has 2 unspecified atom stereocenters. The quantitative estimate of drug-likeness (QED) is 0.791. The van der Waals surface area contributed by atoms with Crippen molar-refractivity contribution >= 4 is 17.5 Å². The van der Waals surface area contributed by atoms with Gasteiger partial charge in [0.15, 0.2) is 0 Å². The van der Waals surface area contributed by atoms with E-state index in [1.54, 1.807) is 7.11 Å². The molecule has 2 aromatic rings. The Morgan fingerprint density at radius 2 is 1.96 bits per heavy atom. The van der Waals surface area contributed by atoms with E-state index in [1.807, 2.05) is 49.4 Å². The van der Waals surface area contributed by atoms with E-state index in [4.69, 9.17) is 16.3 Å². The second kappa shape index (κ2) is 7.76. The number of hydrogen-bond donors (Lipinski definition) is 2. The van der Waals surface area contributed by atoms with Crippen molar-refractivity contribution in [3.8, 4) is 5.75 Å². The third-order valence-electron chi connectivity index (χ3n) is 6.40. The van der Waals surface area contributed by atoms with Gasteiger partial charge in [-0.05, 0) is 79.6 Å². The second-order valence-corrected chi connectivity index (χ2v) is 8.46. The van der Waals surface area contributed by atoms with Gasteiger partial charge in [-0.1, -0.05) is 35.9 Å². The van der Waals surface area contributed by atoms with Gasteiger partial charge in [-0.2, -0.15) is 0 Å². The van der Waals surface area contributed by atoms with Crippen LogP contribution in [-0.2, 0) is 4.79 Å². The van der Waals surface area contributed by atoms with Crippen LogP contribution in [0.4, 0.5) is 0 Å². The lowest BCUT2D eigenvalue weighted by atomic mass is 9.91. The summed E-state index contributed by atoms with van der Waals surface area (Å²) in [7, 11) is 1.66. The molecule has 0 bridgehead atoms. The molecule has 1 amide bonds. The molecule has 28 heavy (non-hydrogen) atoms. The summed E-state index contributed by atoms with van der Waals surface area (Å²) in [5.41, 5.74) is 3.24. The number of amides is 1. The van der Waals surface area contributed by atoms with Crippen LogP contribution in [0, 0.1) is 18.3 Å². The fourth-order valence-electron chi connectivity index (χ4n) is 4.57. The highest BCUT2D eigenvalue weighted by atomic mass is 35.5. The van der Waals surface area contributed by atoms with Crippen molar-refractivity contribution in [2.45, 2.75) is 32.2 Å². The summed E-state index contributed by atoms with van der Waals surface area (Å²) >= 11 is 6.52. The Kier molecular flexibility index (Phi) is 5.35. The minimum atomic E-state index is -0.272. The third-order valence-corrected chi connectivity index (χ3v) is 6.74. The van der Waals surface area contributed by atoms with Gasteiger partial charge in [-0.25, -0.2) is 0 Å². The summed E-state index contributed by atoms with van der Waals surface area (Å²) in [6, 6.07) is 13.4. The minimum Gasteiger partial charge on any atom is -0.497 e. The van der Waals surface area contributed by atoms with Crippen LogP contribution in [0.2, 0.25) is 5.02 Å². The first-order valence-electron chi connectivity index (χ1n) is 9.94. The van der Waals surface area contributed by atoms with Crippen LogP contribution >= 0.6 is 11.6 Å². The number of carbonyl (C=O) groups excluding carboxylic acids is 1. The zero-order chi connectivity index (χ0) is 19.7. The maximum absolute atomic E-state index is 13.2. The standard InChI is InChI=1S/C23H27ClN2O2/c1-15-13-16(28-2)7-8-17(15)21(18-5-3-4-6-20(18)24)26-22(27)19-14-23(19)9-11-25-12-10-23/h3-8,13,19,21,25H,9-12,14H2,1-2H3,(H,26,27). The molecule has 2 aromatic carbocycles. The van der Waals surface area contributed by atoms with Gasteiger partial charge in [0.2, 0.25) is 5.91 Å². The van der Waals surface area contributed by atoms with Crippen molar-refractivity contribution < 1.29 is 9.53 Å². The summed E-state index contributed by atoms with van der Waals surface area (Å²) in [5, 5.41) is 7.38. The van der Waals surface area contributed by atoms with E-state index in [-0.39, 0.29) is 23.3 Å². The third kappa shape index (κ3) is 3.63. The van der Waals surface area contributed by atoms with E-state index in [2.05, 4.69) is 10.6 Å². The highest BCUT2D eigenvalue weighted by Crippen LogP contribution is 2.58. The summed E-state index contributed by atoms with van der Waals surface area (Å²) in [5.74, 6) is 1.06. The largest absolute Gasteiger partial charge is 0.497 e. The normalized spacial score (nSPS) is 21.2. The van der Waals surface area contributed by atoms with Crippen LogP contribution in [0.5, 0.6) is 5.75 Å². The number of benzene rings is 2. The molecular formula is C23H27ClN2O2.